The zero-order valence-corrected chi connectivity index (χ0v) is 18.5. The van der Waals surface area contributed by atoms with Crippen LogP contribution in [-0.2, 0) is 16.1 Å². The number of ketones is 1. The van der Waals surface area contributed by atoms with E-state index in [0.717, 1.165) is 6.42 Å². The molecule has 7 heteroatoms. The molecule has 1 fully saturated rings. The number of benzene rings is 2. The Morgan fingerprint density at radius 3 is 2.58 bits per heavy atom. The summed E-state index contributed by atoms with van der Waals surface area (Å²) in [7, 11) is 1.54. The van der Waals surface area contributed by atoms with E-state index in [1.54, 1.807) is 67.8 Å². The summed E-state index contributed by atoms with van der Waals surface area (Å²) in [6.45, 7) is 2.61. The Morgan fingerprint density at radius 2 is 1.85 bits per heavy atom. The Kier molecular flexibility index (Phi) is 6.49. The normalized spacial score (nSPS) is 17.4. The molecule has 1 aliphatic heterocycles. The molecule has 3 aromatic rings. The van der Waals surface area contributed by atoms with Crippen molar-refractivity contribution in [2.45, 2.75) is 25.9 Å². The topological polar surface area (TPSA) is 89.2 Å². The van der Waals surface area contributed by atoms with Crippen molar-refractivity contribution in [3.05, 3.63) is 89.4 Å². The Morgan fingerprint density at radius 1 is 1.06 bits per heavy atom. The van der Waals surface area contributed by atoms with E-state index in [9.17, 15) is 14.7 Å². The standard InChI is InChI=1S/C26H25NO6/c1-3-12-32-20-10-5-8-18(15-20)24(28)22-23(17-7-4-9-19(14-17)31-2)27(26(30)25(22)29)16-21-11-6-13-33-21/h4-11,13-15,23,28H,3,12,16H2,1-2H3/b24-22+. The van der Waals surface area contributed by atoms with E-state index in [2.05, 4.69) is 0 Å². The number of aliphatic hydroxyl groups excluding tert-OH is 1. The first kappa shape index (κ1) is 22.2. The maximum atomic E-state index is 13.2. The number of aliphatic hydroxyl groups is 1. The lowest BCUT2D eigenvalue weighted by Gasteiger charge is -2.24. The maximum absolute atomic E-state index is 13.2. The van der Waals surface area contributed by atoms with E-state index >= 15 is 0 Å². The van der Waals surface area contributed by atoms with Crippen molar-refractivity contribution >= 4 is 17.4 Å². The van der Waals surface area contributed by atoms with Gasteiger partial charge in [0.05, 0.1) is 38.1 Å². The van der Waals surface area contributed by atoms with Gasteiger partial charge in [-0.3, -0.25) is 9.59 Å². The van der Waals surface area contributed by atoms with Crippen LogP contribution in [0.3, 0.4) is 0 Å². The van der Waals surface area contributed by atoms with Crippen molar-refractivity contribution in [2.75, 3.05) is 13.7 Å². The fourth-order valence-electron chi connectivity index (χ4n) is 3.88. The van der Waals surface area contributed by atoms with Crippen LogP contribution in [-0.4, -0.2) is 35.4 Å². The van der Waals surface area contributed by atoms with E-state index in [4.69, 9.17) is 13.9 Å². The van der Waals surface area contributed by atoms with E-state index in [1.165, 1.54) is 11.2 Å². The quantitative estimate of drug-likeness (QED) is 0.306. The van der Waals surface area contributed by atoms with Crippen LogP contribution in [0, 0.1) is 0 Å². The molecule has 1 saturated heterocycles. The van der Waals surface area contributed by atoms with E-state index < -0.39 is 17.7 Å². The fourth-order valence-corrected chi connectivity index (χ4v) is 3.88. The zero-order chi connectivity index (χ0) is 23.4. The van der Waals surface area contributed by atoms with Crippen molar-refractivity contribution in [1.29, 1.82) is 0 Å². The first-order chi connectivity index (χ1) is 16.0. The summed E-state index contributed by atoms with van der Waals surface area (Å²) in [5.41, 5.74) is 1.04. The lowest BCUT2D eigenvalue weighted by molar-refractivity contribution is -0.140. The summed E-state index contributed by atoms with van der Waals surface area (Å²) in [4.78, 5) is 27.6. The number of carbonyl (C=O) groups excluding carboxylic acids is 2. The summed E-state index contributed by atoms with van der Waals surface area (Å²) >= 11 is 0. The summed E-state index contributed by atoms with van der Waals surface area (Å²) < 4.78 is 16.4. The second kappa shape index (κ2) is 9.65. The molecule has 0 saturated carbocycles. The number of hydrogen-bond acceptors (Lipinski definition) is 6. The van der Waals surface area contributed by atoms with Crippen molar-refractivity contribution in [3.8, 4) is 11.5 Å². The first-order valence-electron chi connectivity index (χ1n) is 10.7. The van der Waals surface area contributed by atoms with Crippen LogP contribution in [0.4, 0.5) is 0 Å². The molecule has 1 atom stereocenters. The molecule has 0 aliphatic carbocycles. The van der Waals surface area contributed by atoms with Gasteiger partial charge in [0.15, 0.2) is 0 Å². The third-order valence-electron chi connectivity index (χ3n) is 5.44. The molecule has 2 heterocycles. The minimum atomic E-state index is -0.814. The molecule has 33 heavy (non-hydrogen) atoms. The molecule has 1 unspecified atom stereocenters. The summed E-state index contributed by atoms with van der Waals surface area (Å²) in [5, 5.41) is 11.2. The number of Topliss-reactive ketones (excluding diaryl/α,β-unsaturated/α-hetero) is 1. The number of nitrogens with zero attached hydrogens (tertiary/aromatic N) is 1. The summed E-state index contributed by atoms with van der Waals surface area (Å²) in [6.07, 6.45) is 2.35. The summed E-state index contributed by atoms with van der Waals surface area (Å²) in [5.74, 6) is -0.0505. The van der Waals surface area contributed by atoms with Gasteiger partial charge in [-0.1, -0.05) is 31.2 Å². The smallest absolute Gasteiger partial charge is 0.296 e. The number of amides is 1. The van der Waals surface area contributed by atoms with Crippen LogP contribution in [0.1, 0.15) is 36.3 Å². The van der Waals surface area contributed by atoms with Crippen LogP contribution < -0.4 is 9.47 Å². The first-order valence-corrected chi connectivity index (χ1v) is 10.7. The van der Waals surface area contributed by atoms with Crippen LogP contribution >= 0.6 is 0 Å². The fraction of sp³-hybridized carbons (Fsp3) is 0.231. The molecule has 1 N–H and O–H groups in total. The lowest BCUT2D eigenvalue weighted by Crippen LogP contribution is -2.29. The molecule has 170 valence electrons. The highest BCUT2D eigenvalue weighted by molar-refractivity contribution is 6.46. The lowest BCUT2D eigenvalue weighted by atomic mass is 9.95. The van der Waals surface area contributed by atoms with Gasteiger partial charge in [0.2, 0.25) is 0 Å². The SMILES string of the molecule is CCCOc1cccc(/C(O)=C2\C(=O)C(=O)N(Cc3ccco3)C2c2cccc(OC)c2)c1. The van der Waals surface area contributed by atoms with Gasteiger partial charge in [0, 0.05) is 5.56 Å². The third-order valence-corrected chi connectivity index (χ3v) is 5.44. The van der Waals surface area contributed by atoms with E-state index in [0.29, 0.717) is 35.0 Å². The molecule has 7 nitrogen and oxygen atoms in total. The van der Waals surface area contributed by atoms with Gasteiger partial charge in [-0.15, -0.1) is 0 Å². The molecule has 0 spiro atoms. The highest BCUT2D eigenvalue weighted by Gasteiger charge is 2.46. The highest BCUT2D eigenvalue weighted by atomic mass is 16.5. The predicted molar refractivity (Wildman–Crippen MR) is 122 cm³/mol. The second-order valence-electron chi connectivity index (χ2n) is 7.66. The van der Waals surface area contributed by atoms with Crippen molar-refractivity contribution in [3.63, 3.8) is 0 Å². The third kappa shape index (κ3) is 4.48. The largest absolute Gasteiger partial charge is 0.507 e. The highest BCUT2D eigenvalue weighted by Crippen LogP contribution is 2.41. The molecule has 1 amide bonds. The van der Waals surface area contributed by atoms with Crippen LogP contribution in [0.15, 0.2) is 76.9 Å². The molecule has 1 aromatic heterocycles. The van der Waals surface area contributed by atoms with E-state index in [-0.39, 0.29) is 17.9 Å². The Balaban J connectivity index is 1.83. The molecule has 1 aliphatic rings. The zero-order valence-electron chi connectivity index (χ0n) is 18.5. The van der Waals surface area contributed by atoms with Gasteiger partial charge in [-0.25, -0.2) is 0 Å². The molecular formula is C26H25NO6. The van der Waals surface area contributed by atoms with Crippen LogP contribution in [0.5, 0.6) is 11.5 Å². The van der Waals surface area contributed by atoms with Gasteiger partial charge < -0.3 is 23.9 Å². The maximum Gasteiger partial charge on any atom is 0.296 e. The molecular weight excluding hydrogens is 422 g/mol. The molecule has 2 aromatic carbocycles. The van der Waals surface area contributed by atoms with Crippen LogP contribution in [0.25, 0.3) is 5.76 Å². The van der Waals surface area contributed by atoms with E-state index in [1.807, 2.05) is 6.92 Å². The average Bonchev–Trinajstić information content (AvgIpc) is 3.45. The van der Waals surface area contributed by atoms with Crippen molar-refractivity contribution in [2.24, 2.45) is 0 Å². The van der Waals surface area contributed by atoms with Crippen molar-refractivity contribution < 1.29 is 28.6 Å². The number of ether oxygens (including phenoxy) is 2. The summed E-state index contributed by atoms with van der Waals surface area (Å²) in [6, 6.07) is 16.6. The monoisotopic (exact) mass is 447 g/mol. The number of furan rings is 1. The Bertz CT molecular complexity index is 1180. The number of likely N-dealkylation sites (tertiary alicyclic amines) is 1. The molecule has 4 rings (SSSR count). The van der Waals surface area contributed by atoms with Gasteiger partial charge in [0.25, 0.3) is 11.7 Å². The average molecular weight is 447 g/mol. The number of methoxy groups -OCH3 is 1. The number of hydrogen-bond donors (Lipinski definition) is 1. The van der Waals surface area contributed by atoms with Gasteiger partial charge in [0.1, 0.15) is 23.0 Å². The van der Waals surface area contributed by atoms with Gasteiger partial charge in [-0.05, 0) is 48.4 Å². The molecule has 0 radical (unpaired) electrons. The van der Waals surface area contributed by atoms with Crippen LogP contribution in [0.2, 0.25) is 0 Å². The Labute approximate surface area is 191 Å². The second-order valence-corrected chi connectivity index (χ2v) is 7.66. The van der Waals surface area contributed by atoms with Crippen molar-refractivity contribution in [1.82, 2.24) is 4.90 Å². The minimum absolute atomic E-state index is 0.00690. The Hall–Kier alpha value is -4.00. The molecule has 0 bridgehead atoms. The number of carbonyl (C=O) groups is 2. The predicted octanol–water partition coefficient (Wildman–Crippen LogP) is 4.70. The number of rotatable bonds is 8. The van der Waals surface area contributed by atoms with Gasteiger partial charge in [-0.2, -0.15) is 0 Å². The van der Waals surface area contributed by atoms with Gasteiger partial charge >= 0.3 is 0 Å². The minimum Gasteiger partial charge on any atom is -0.507 e.